The predicted octanol–water partition coefficient (Wildman–Crippen LogP) is 10.9. The average molecular weight is 723 g/mol. The summed E-state index contributed by atoms with van der Waals surface area (Å²) in [7, 11) is 0. The summed E-state index contributed by atoms with van der Waals surface area (Å²) >= 11 is 0. The molecule has 0 N–H and O–H groups in total. The molecule has 0 saturated heterocycles. The molecule has 0 amide bonds. The van der Waals surface area contributed by atoms with E-state index in [1.54, 1.807) is 18.3 Å². The number of hydrogen-bond acceptors (Lipinski definition) is 2. The van der Waals surface area contributed by atoms with E-state index in [9.17, 15) is 9.59 Å². The minimum Gasteiger partial charge on any atom is -0.260 e. The van der Waals surface area contributed by atoms with Gasteiger partial charge in [0.1, 0.15) is 0 Å². The highest BCUT2D eigenvalue weighted by Gasteiger charge is 2.18. The van der Waals surface area contributed by atoms with Crippen LogP contribution in [0.5, 0.6) is 0 Å². The number of rotatable bonds is 7. The average Bonchev–Trinajstić information content (AvgIpc) is 3.74. The van der Waals surface area contributed by atoms with Gasteiger partial charge in [-0.05, 0) is 124 Å². The second-order valence-electron chi connectivity index (χ2n) is 13.8. The number of para-hydroxylation sites is 6. The summed E-state index contributed by atoms with van der Waals surface area (Å²) in [4.78, 5) is 28.0. The Hall–Kier alpha value is -7.70. The molecule has 6 nitrogen and oxygen atoms in total. The van der Waals surface area contributed by atoms with E-state index in [0.29, 0.717) is 0 Å². The third kappa shape index (κ3) is 5.60. The van der Waals surface area contributed by atoms with E-state index in [1.807, 2.05) is 140 Å². The number of hydrogen-bond donors (Lipinski definition) is 0. The minimum atomic E-state index is -0.117. The summed E-state index contributed by atoms with van der Waals surface area (Å²) in [5.41, 5.74) is 12.8. The van der Waals surface area contributed by atoms with Crippen LogP contribution in [0.3, 0.4) is 0 Å². The fraction of sp³-hybridized carbons (Fsp3) is 0. The van der Waals surface area contributed by atoms with Gasteiger partial charge in [-0.1, -0.05) is 115 Å². The molecule has 56 heavy (non-hydrogen) atoms. The van der Waals surface area contributed by atoms with Crippen LogP contribution in [0, 0.1) is 0 Å². The van der Waals surface area contributed by atoms with Gasteiger partial charge in [0.15, 0.2) is 0 Å². The van der Waals surface area contributed by atoms with E-state index in [0.717, 1.165) is 78.2 Å². The van der Waals surface area contributed by atoms with Crippen molar-refractivity contribution in [2.75, 3.05) is 0 Å². The number of benzene rings is 8. The van der Waals surface area contributed by atoms with E-state index in [-0.39, 0.29) is 11.4 Å². The van der Waals surface area contributed by atoms with E-state index in [2.05, 4.69) is 66.7 Å². The fourth-order valence-corrected chi connectivity index (χ4v) is 7.81. The van der Waals surface area contributed by atoms with Crippen LogP contribution in [0.25, 0.3) is 78.2 Å². The molecule has 2 aromatic heterocycles. The molecule has 0 unspecified atom stereocenters. The second kappa shape index (κ2) is 13.6. The van der Waals surface area contributed by atoms with Gasteiger partial charge in [-0.25, -0.2) is 9.59 Å². The van der Waals surface area contributed by atoms with Crippen molar-refractivity contribution in [3.63, 3.8) is 0 Å². The summed E-state index contributed by atoms with van der Waals surface area (Å²) < 4.78 is 7.09. The van der Waals surface area contributed by atoms with Crippen molar-refractivity contribution < 1.29 is 0 Å². The fourth-order valence-electron chi connectivity index (χ4n) is 7.81. The predicted molar refractivity (Wildman–Crippen MR) is 228 cm³/mol. The molecule has 0 fully saturated rings. The molecule has 10 aromatic rings. The molecule has 2 heterocycles. The van der Waals surface area contributed by atoms with Gasteiger partial charge in [-0.2, -0.15) is 0 Å². The lowest BCUT2D eigenvalue weighted by atomic mass is 9.93. The standard InChI is InChI=1S/C50H34N4O2/c55-49-51(41-16-6-2-7-17-41)45-20-10-12-22-47(45)53(49)43-28-24-36(25-29-43)39-32-38(35-14-4-1-5-15-35)33-40(34-39)37-26-30-44(31-27-37)54-48-23-13-11-21-46(48)52(50(54)56)42-18-8-3-9-19-42/h1-34H. The normalized spacial score (nSPS) is 11.4. The maximum Gasteiger partial charge on any atom is 0.338 e. The van der Waals surface area contributed by atoms with Gasteiger partial charge in [0.25, 0.3) is 0 Å². The maximum absolute atomic E-state index is 14.0. The zero-order valence-corrected chi connectivity index (χ0v) is 30.2. The van der Waals surface area contributed by atoms with E-state index >= 15 is 0 Å². The Morgan fingerprint density at radius 3 is 0.804 bits per heavy atom. The second-order valence-corrected chi connectivity index (χ2v) is 13.8. The van der Waals surface area contributed by atoms with Gasteiger partial charge in [-0.3, -0.25) is 18.3 Å². The largest absolute Gasteiger partial charge is 0.338 e. The molecular weight excluding hydrogens is 689 g/mol. The van der Waals surface area contributed by atoms with Gasteiger partial charge in [0.2, 0.25) is 0 Å². The topological polar surface area (TPSA) is 53.9 Å². The Balaban J connectivity index is 1.05. The van der Waals surface area contributed by atoms with Crippen molar-refractivity contribution in [2.24, 2.45) is 0 Å². The molecule has 0 aliphatic heterocycles. The lowest BCUT2D eigenvalue weighted by molar-refractivity contribution is 0.931. The Kier molecular flexibility index (Phi) is 8.00. The highest BCUT2D eigenvalue weighted by Crippen LogP contribution is 2.34. The third-order valence-corrected chi connectivity index (χ3v) is 10.5. The van der Waals surface area contributed by atoms with E-state index in [1.165, 1.54) is 0 Å². The van der Waals surface area contributed by atoms with Crippen LogP contribution in [0.1, 0.15) is 0 Å². The van der Waals surface area contributed by atoms with Crippen molar-refractivity contribution in [3.8, 4) is 56.1 Å². The van der Waals surface area contributed by atoms with Crippen LogP contribution in [-0.2, 0) is 0 Å². The Labute approximate surface area is 322 Å². The first-order valence-corrected chi connectivity index (χ1v) is 18.6. The summed E-state index contributed by atoms with van der Waals surface area (Å²) in [6.07, 6.45) is 0. The molecule has 0 aliphatic rings. The SMILES string of the molecule is O=c1n(-c2ccccc2)c2ccccc2n1-c1ccc(-c2cc(-c3ccccc3)cc(-c3ccc(-n4c(=O)n(-c5ccccc5)c5ccccc54)cc3)c2)cc1. The quantitative estimate of drug-likeness (QED) is 0.164. The number of fused-ring (bicyclic) bond motifs is 2. The molecule has 6 heteroatoms. The zero-order valence-electron chi connectivity index (χ0n) is 30.2. The summed E-state index contributed by atoms with van der Waals surface area (Å²) in [6, 6.07) is 68.8. The van der Waals surface area contributed by atoms with Crippen LogP contribution in [-0.4, -0.2) is 18.3 Å². The molecule has 0 bridgehead atoms. The smallest absolute Gasteiger partial charge is 0.260 e. The molecular formula is C50H34N4O2. The van der Waals surface area contributed by atoms with Crippen molar-refractivity contribution >= 4 is 22.1 Å². The lowest BCUT2D eigenvalue weighted by Gasteiger charge is -2.13. The number of nitrogens with zero attached hydrogens (tertiary/aromatic N) is 4. The van der Waals surface area contributed by atoms with Gasteiger partial charge in [0.05, 0.1) is 44.8 Å². The van der Waals surface area contributed by atoms with Crippen LogP contribution < -0.4 is 11.4 Å². The lowest BCUT2D eigenvalue weighted by Crippen LogP contribution is -2.22. The highest BCUT2D eigenvalue weighted by atomic mass is 16.2. The first-order chi connectivity index (χ1) is 27.6. The number of aromatic nitrogens is 4. The van der Waals surface area contributed by atoms with Gasteiger partial charge in [-0.15, -0.1) is 0 Å². The first kappa shape index (κ1) is 32.9. The van der Waals surface area contributed by atoms with Crippen LogP contribution >= 0.6 is 0 Å². The molecule has 0 atom stereocenters. The molecule has 0 radical (unpaired) electrons. The third-order valence-electron chi connectivity index (χ3n) is 10.5. The van der Waals surface area contributed by atoms with Crippen molar-refractivity contribution in [1.29, 1.82) is 0 Å². The van der Waals surface area contributed by atoms with Crippen molar-refractivity contribution in [1.82, 2.24) is 18.3 Å². The summed E-state index contributed by atoms with van der Waals surface area (Å²) in [6.45, 7) is 0. The summed E-state index contributed by atoms with van der Waals surface area (Å²) in [5.74, 6) is 0. The van der Waals surface area contributed by atoms with Crippen molar-refractivity contribution in [2.45, 2.75) is 0 Å². The maximum atomic E-state index is 14.0. The van der Waals surface area contributed by atoms with Gasteiger partial charge in [0, 0.05) is 0 Å². The zero-order chi connectivity index (χ0) is 37.6. The van der Waals surface area contributed by atoms with Gasteiger partial charge < -0.3 is 0 Å². The molecule has 266 valence electrons. The van der Waals surface area contributed by atoms with E-state index < -0.39 is 0 Å². The molecule has 8 aromatic carbocycles. The van der Waals surface area contributed by atoms with Gasteiger partial charge >= 0.3 is 11.4 Å². The highest BCUT2D eigenvalue weighted by molar-refractivity contribution is 5.84. The Morgan fingerprint density at radius 2 is 0.482 bits per heavy atom. The molecule has 0 spiro atoms. The Bertz CT molecular complexity index is 2940. The van der Waals surface area contributed by atoms with Crippen LogP contribution in [0.2, 0.25) is 0 Å². The minimum absolute atomic E-state index is 0.117. The molecule has 0 saturated carbocycles. The Morgan fingerprint density at radius 1 is 0.232 bits per heavy atom. The number of imidazole rings is 2. The van der Waals surface area contributed by atoms with Crippen LogP contribution in [0.15, 0.2) is 216 Å². The first-order valence-electron chi connectivity index (χ1n) is 18.6. The summed E-state index contributed by atoms with van der Waals surface area (Å²) in [5, 5.41) is 0. The molecule has 0 aliphatic carbocycles. The molecule has 10 rings (SSSR count). The monoisotopic (exact) mass is 722 g/mol. The van der Waals surface area contributed by atoms with Crippen LogP contribution in [0.4, 0.5) is 0 Å². The van der Waals surface area contributed by atoms with Crippen molar-refractivity contribution in [3.05, 3.63) is 227 Å². The van der Waals surface area contributed by atoms with E-state index in [4.69, 9.17) is 0 Å².